The van der Waals surface area contributed by atoms with E-state index < -0.39 is 24.3 Å². The average Bonchev–Trinajstić information content (AvgIpc) is 3.07. The highest BCUT2D eigenvalue weighted by Gasteiger charge is 2.38. The molecule has 1 aromatic heterocycles. The van der Waals surface area contributed by atoms with Crippen molar-refractivity contribution in [2.45, 2.75) is 38.8 Å². The lowest BCUT2D eigenvalue weighted by Gasteiger charge is -2.34. The van der Waals surface area contributed by atoms with Gasteiger partial charge in [0, 0.05) is 25.8 Å². The zero-order chi connectivity index (χ0) is 23.7. The summed E-state index contributed by atoms with van der Waals surface area (Å²) in [5.74, 6) is -5.51. The number of rotatable bonds is 4. The number of halogens is 6. The normalized spacial score (nSPS) is 16.7. The van der Waals surface area contributed by atoms with E-state index in [1.807, 2.05) is 6.20 Å². The lowest BCUT2D eigenvalue weighted by atomic mass is 10.2. The molecule has 0 amide bonds. The molecule has 0 radical (unpaired) electrons. The molecule has 174 valence electrons. The summed E-state index contributed by atoms with van der Waals surface area (Å²) in [7, 11) is 2.19. The first-order valence-electron chi connectivity index (χ1n) is 8.66. The van der Waals surface area contributed by atoms with Crippen molar-refractivity contribution in [3.63, 3.8) is 0 Å². The van der Waals surface area contributed by atoms with Crippen LogP contribution in [0.2, 0.25) is 0 Å². The predicted molar refractivity (Wildman–Crippen MR) is 92.8 cm³/mol. The number of carboxylic acids is 2. The van der Waals surface area contributed by atoms with Gasteiger partial charge in [-0.25, -0.2) is 9.59 Å². The molecule has 14 heteroatoms. The molecule has 8 nitrogen and oxygen atoms in total. The number of hydrogen-bond acceptors (Lipinski definition) is 5. The number of carbonyl (C=O) groups is 2. The highest BCUT2D eigenvalue weighted by atomic mass is 19.4. The van der Waals surface area contributed by atoms with Crippen molar-refractivity contribution in [1.82, 2.24) is 19.6 Å². The quantitative estimate of drug-likeness (QED) is 0.680. The Morgan fingerprint density at radius 2 is 1.53 bits per heavy atom. The first-order valence-corrected chi connectivity index (χ1v) is 8.66. The molecule has 1 aromatic rings. The molecule has 2 N–H and O–H groups in total. The minimum Gasteiger partial charge on any atom is -0.475 e. The van der Waals surface area contributed by atoms with Gasteiger partial charge >= 0.3 is 24.3 Å². The van der Waals surface area contributed by atoms with Crippen molar-refractivity contribution in [3.05, 3.63) is 18.0 Å². The maximum atomic E-state index is 10.6. The summed E-state index contributed by atoms with van der Waals surface area (Å²) < 4.78 is 65.7. The van der Waals surface area contributed by atoms with Crippen LogP contribution in [0.3, 0.4) is 0 Å². The summed E-state index contributed by atoms with van der Waals surface area (Å²) in [4.78, 5) is 22.6. The Bertz CT molecular complexity index is 649. The van der Waals surface area contributed by atoms with Gasteiger partial charge in [-0.15, -0.1) is 0 Å². The third-order valence-electron chi connectivity index (χ3n) is 3.90. The first-order chi connectivity index (χ1) is 13.6. The van der Waals surface area contributed by atoms with E-state index in [1.165, 1.54) is 5.69 Å². The standard InChI is InChI=1S/C12H22N4.2C2HF3O2/c1-4-15(5-2)10-12-9-14(3)8-11-6-7-13-16(11)12;2*3-2(4,5)1(6)7/h6-7,12H,4-5,8-10H2,1-3H3;2*(H,6,7). The molecular formula is C16H24F6N4O4. The molecule has 1 aliphatic rings. The van der Waals surface area contributed by atoms with Gasteiger partial charge in [-0.2, -0.15) is 31.4 Å². The van der Waals surface area contributed by atoms with Gasteiger partial charge in [0.15, 0.2) is 0 Å². The van der Waals surface area contributed by atoms with Crippen LogP contribution in [0.4, 0.5) is 26.3 Å². The van der Waals surface area contributed by atoms with Gasteiger partial charge in [0.05, 0.1) is 11.7 Å². The van der Waals surface area contributed by atoms with E-state index in [0.717, 1.165) is 32.7 Å². The number of aliphatic carboxylic acids is 2. The van der Waals surface area contributed by atoms with Gasteiger partial charge in [-0.1, -0.05) is 13.8 Å². The van der Waals surface area contributed by atoms with Crippen molar-refractivity contribution >= 4 is 11.9 Å². The molecule has 30 heavy (non-hydrogen) atoms. The van der Waals surface area contributed by atoms with E-state index in [4.69, 9.17) is 19.8 Å². The molecule has 1 unspecified atom stereocenters. The van der Waals surface area contributed by atoms with Crippen LogP contribution in [0.5, 0.6) is 0 Å². The average molecular weight is 450 g/mol. The maximum absolute atomic E-state index is 10.6. The largest absolute Gasteiger partial charge is 0.490 e. The molecule has 0 saturated heterocycles. The predicted octanol–water partition coefficient (Wildman–Crippen LogP) is 2.48. The van der Waals surface area contributed by atoms with Crippen LogP contribution >= 0.6 is 0 Å². The fraction of sp³-hybridized carbons (Fsp3) is 0.688. The third kappa shape index (κ3) is 9.91. The summed E-state index contributed by atoms with van der Waals surface area (Å²) in [6, 6.07) is 2.63. The van der Waals surface area contributed by atoms with Crippen molar-refractivity contribution < 1.29 is 46.1 Å². The van der Waals surface area contributed by atoms with Gasteiger partial charge in [0.25, 0.3) is 0 Å². The van der Waals surface area contributed by atoms with Crippen LogP contribution in [-0.4, -0.2) is 87.3 Å². The van der Waals surface area contributed by atoms with Crippen molar-refractivity contribution in [2.24, 2.45) is 0 Å². The molecule has 0 aliphatic carbocycles. The molecule has 2 rings (SSSR count). The van der Waals surface area contributed by atoms with Crippen LogP contribution in [0, 0.1) is 0 Å². The van der Waals surface area contributed by atoms with Gasteiger partial charge < -0.3 is 15.1 Å². The zero-order valence-electron chi connectivity index (χ0n) is 16.5. The monoisotopic (exact) mass is 450 g/mol. The number of alkyl halides is 6. The number of aromatic nitrogens is 2. The van der Waals surface area contributed by atoms with Crippen LogP contribution in [0.1, 0.15) is 25.6 Å². The molecule has 0 aromatic carbocycles. The number of nitrogens with zero attached hydrogens (tertiary/aromatic N) is 4. The van der Waals surface area contributed by atoms with E-state index in [0.29, 0.717) is 6.04 Å². The highest BCUT2D eigenvalue weighted by molar-refractivity contribution is 5.73. The number of likely N-dealkylation sites (N-methyl/N-ethyl adjacent to an activating group) is 2. The van der Waals surface area contributed by atoms with Crippen molar-refractivity contribution in [1.29, 1.82) is 0 Å². The Balaban J connectivity index is 0.000000503. The fourth-order valence-corrected chi connectivity index (χ4v) is 2.49. The van der Waals surface area contributed by atoms with Crippen LogP contribution in [0.15, 0.2) is 12.3 Å². The minimum atomic E-state index is -5.08. The molecule has 0 saturated carbocycles. The number of hydrogen-bond donors (Lipinski definition) is 2. The Labute approximate surface area is 168 Å². The summed E-state index contributed by atoms with van der Waals surface area (Å²) in [6.07, 6.45) is -8.25. The summed E-state index contributed by atoms with van der Waals surface area (Å²) >= 11 is 0. The van der Waals surface area contributed by atoms with Gasteiger partial charge in [-0.3, -0.25) is 9.58 Å². The first kappa shape index (κ1) is 27.6. The molecule has 1 atom stereocenters. The molecule has 0 bridgehead atoms. The van der Waals surface area contributed by atoms with Crippen molar-refractivity contribution in [3.8, 4) is 0 Å². The lowest BCUT2D eigenvalue weighted by molar-refractivity contribution is -0.193. The van der Waals surface area contributed by atoms with E-state index in [-0.39, 0.29) is 0 Å². The Kier molecular flexibility index (Phi) is 10.8. The van der Waals surface area contributed by atoms with E-state index in [9.17, 15) is 26.3 Å². The topological polar surface area (TPSA) is 98.9 Å². The smallest absolute Gasteiger partial charge is 0.475 e. The zero-order valence-corrected chi connectivity index (χ0v) is 16.5. The third-order valence-corrected chi connectivity index (χ3v) is 3.90. The molecule has 0 spiro atoms. The summed E-state index contributed by atoms with van der Waals surface area (Å²) in [6.45, 7) is 9.91. The van der Waals surface area contributed by atoms with E-state index in [2.05, 4.69) is 46.5 Å². The van der Waals surface area contributed by atoms with Gasteiger partial charge in [0.1, 0.15) is 0 Å². The van der Waals surface area contributed by atoms with Gasteiger partial charge in [0.2, 0.25) is 0 Å². The van der Waals surface area contributed by atoms with Gasteiger partial charge in [-0.05, 0) is 26.2 Å². The second kappa shape index (κ2) is 11.7. The van der Waals surface area contributed by atoms with Crippen LogP contribution in [0.25, 0.3) is 0 Å². The molecular weight excluding hydrogens is 426 g/mol. The van der Waals surface area contributed by atoms with Crippen LogP contribution in [-0.2, 0) is 16.1 Å². The Morgan fingerprint density at radius 1 is 1.10 bits per heavy atom. The summed E-state index contributed by atoms with van der Waals surface area (Å²) in [5.41, 5.74) is 1.34. The minimum absolute atomic E-state index is 0.503. The molecule has 0 fully saturated rings. The summed E-state index contributed by atoms with van der Waals surface area (Å²) in [5, 5.41) is 18.7. The molecule has 2 heterocycles. The van der Waals surface area contributed by atoms with Crippen molar-refractivity contribution in [2.75, 3.05) is 33.2 Å². The lowest BCUT2D eigenvalue weighted by Crippen LogP contribution is -2.41. The van der Waals surface area contributed by atoms with E-state index in [1.54, 1.807) is 0 Å². The second-order valence-corrected chi connectivity index (χ2v) is 6.21. The fourth-order valence-electron chi connectivity index (χ4n) is 2.49. The van der Waals surface area contributed by atoms with E-state index >= 15 is 0 Å². The maximum Gasteiger partial charge on any atom is 0.490 e. The number of fused-ring (bicyclic) bond motifs is 1. The molecule has 1 aliphatic heterocycles. The number of carboxylic acid groups (broad SMARTS) is 2. The highest BCUT2D eigenvalue weighted by Crippen LogP contribution is 2.19. The van der Waals surface area contributed by atoms with Crippen LogP contribution < -0.4 is 0 Å². The Morgan fingerprint density at radius 3 is 1.90 bits per heavy atom. The second-order valence-electron chi connectivity index (χ2n) is 6.21. The Hall–Kier alpha value is -2.35. The SMILES string of the molecule is CCN(CC)CC1CN(C)Cc2ccnn21.O=C(O)C(F)(F)F.O=C(O)C(F)(F)F.